The van der Waals surface area contributed by atoms with E-state index in [4.69, 9.17) is 0 Å². The van der Waals surface area contributed by atoms with Crippen LogP contribution in [0.15, 0.2) is 71.8 Å². The van der Waals surface area contributed by atoms with Crippen LogP contribution >= 0.6 is 0 Å². The lowest BCUT2D eigenvalue weighted by atomic mass is 10.1. The molecule has 4 heteroatoms. The maximum atomic E-state index is 12.5. The highest BCUT2D eigenvalue weighted by atomic mass is 16.2. The zero-order valence-corrected chi connectivity index (χ0v) is 17.7. The van der Waals surface area contributed by atoms with Crippen molar-refractivity contribution in [3.63, 3.8) is 0 Å². The average Bonchev–Trinajstić information content (AvgIpc) is 3.03. The summed E-state index contributed by atoms with van der Waals surface area (Å²) in [5.41, 5.74) is 10.1. The van der Waals surface area contributed by atoms with Gasteiger partial charge in [-0.05, 0) is 73.9 Å². The predicted molar refractivity (Wildman–Crippen MR) is 124 cm³/mol. The van der Waals surface area contributed by atoms with Crippen LogP contribution in [-0.2, 0) is 0 Å². The lowest BCUT2D eigenvalue weighted by molar-refractivity contribution is 0.0955. The third-order valence-corrected chi connectivity index (χ3v) is 5.67. The number of benzene rings is 3. The Bertz CT molecular complexity index is 1280. The monoisotopic (exact) mass is 395 g/mol. The zero-order valence-electron chi connectivity index (χ0n) is 17.7. The van der Waals surface area contributed by atoms with Crippen molar-refractivity contribution in [1.29, 1.82) is 0 Å². The Kier molecular flexibility index (Phi) is 5.23. The molecule has 1 aromatic heterocycles. The molecule has 0 fully saturated rings. The first kappa shape index (κ1) is 19.6. The molecule has 1 amide bonds. The van der Waals surface area contributed by atoms with Crippen LogP contribution < -0.4 is 5.43 Å². The van der Waals surface area contributed by atoms with Crippen molar-refractivity contribution in [1.82, 2.24) is 9.99 Å². The third-order valence-electron chi connectivity index (χ3n) is 5.67. The van der Waals surface area contributed by atoms with Gasteiger partial charge in [0.05, 0.1) is 6.21 Å². The summed E-state index contributed by atoms with van der Waals surface area (Å²) in [5.74, 6) is -0.222. The molecule has 1 N–H and O–H groups in total. The van der Waals surface area contributed by atoms with E-state index in [1.165, 1.54) is 16.8 Å². The Morgan fingerprint density at radius 3 is 2.47 bits per heavy atom. The SMILES string of the molecule is Cc1cccc(-n2c(C)cc(/C=N/NC(=O)c3ccc4ccccc4c3)c2C)c1C. The lowest BCUT2D eigenvalue weighted by Crippen LogP contribution is -2.17. The second-order valence-electron chi connectivity index (χ2n) is 7.64. The van der Waals surface area contributed by atoms with Crippen LogP contribution in [0.2, 0.25) is 0 Å². The first-order valence-corrected chi connectivity index (χ1v) is 10.0. The maximum Gasteiger partial charge on any atom is 0.271 e. The van der Waals surface area contributed by atoms with Crippen LogP contribution in [0.3, 0.4) is 0 Å². The van der Waals surface area contributed by atoms with Gasteiger partial charge < -0.3 is 4.57 Å². The second-order valence-corrected chi connectivity index (χ2v) is 7.64. The fourth-order valence-corrected chi connectivity index (χ4v) is 3.82. The van der Waals surface area contributed by atoms with Crippen molar-refractivity contribution in [3.8, 4) is 5.69 Å². The van der Waals surface area contributed by atoms with Gasteiger partial charge in [0.15, 0.2) is 0 Å². The molecule has 0 unspecified atom stereocenters. The van der Waals surface area contributed by atoms with Gasteiger partial charge in [-0.25, -0.2) is 5.43 Å². The molecule has 0 aliphatic heterocycles. The first-order chi connectivity index (χ1) is 14.5. The van der Waals surface area contributed by atoms with Crippen molar-refractivity contribution in [2.75, 3.05) is 0 Å². The largest absolute Gasteiger partial charge is 0.318 e. The molecule has 1 heterocycles. The summed E-state index contributed by atoms with van der Waals surface area (Å²) < 4.78 is 2.23. The van der Waals surface area contributed by atoms with E-state index in [0.717, 1.165) is 27.7 Å². The molecule has 0 saturated heterocycles. The third kappa shape index (κ3) is 3.64. The number of amides is 1. The fraction of sp³-hybridized carbons (Fsp3) is 0.154. The number of hydrogen-bond acceptors (Lipinski definition) is 2. The summed E-state index contributed by atoms with van der Waals surface area (Å²) in [5, 5.41) is 6.35. The van der Waals surface area contributed by atoms with Crippen LogP contribution in [-0.4, -0.2) is 16.7 Å². The highest BCUT2D eigenvalue weighted by Crippen LogP contribution is 2.24. The second kappa shape index (κ2) is 7.99. The van der Waals surface area contributed by atoms with Crippen LogP contribution in [0.4, 0.5) is 0 Å². The van der Waals surface area contributed by atoms with Gasteiger partial charge in [0.25, 0.3) is 5.91 Å². The summed E-state index contributed by atoms with van der Waals surface area (Å²) in [7, 11) is 0. The van der Waals surface area contributed by atoms with E-state index in [0.29, 0.717) is 5.56 Å². The Balaban J connectivity index is 1.55. The Labute approximate surface area is 176 Å². The van der Waals surface area contributed by atoms with E-state index in [9.17, 15) is 4.79 Å². The Hall–Kier alpha value is -3.66. The molecule has 0 aliphatic carbocycles. The molecule has 0 saturated carbocycles. The van der Waals surface area contributed by atoms with Crippen molar-refractivity contribution >= 4 is 22.9 Å². The number of rotatable bonds is 4. The molecule has 3 aromatic carbocycles. The van der Waals surface area contributed by atoms with Crippen molar-refractivity contribution in [2.45, 2.75) is 27.7 Å². The fourth-order valence-electron chi connectivity index (χ4n) is 3.82. The zero-order chi connectivity index (χ0) is 21.3. The Morgan fingerprint density at radius 2 is 1.67 bits per heavy atom. The van der Waals surface area contributed by atoms with E-state index in [2.05, 4.69) is 67.1 Å². The standard InChI is InChI=1S/C26H25N3O/c1-17-8-7-11-25(19(17)3)29-18(2)14-24(20(29)4)16-27-28-26(30)23-13-12-21-9-5-6-10-22(21)15-23/h5-16H,1-4H3,(H,28,30)/b27-16+. The number of hydrazone groups is 1. The van der Waals surface area contributed by atoms with Crippen molar-refractivity contribution in [3.05, 3.63) is 100 Å². The molecule has 4 aromatic rings. The topological polar surface area (TPSA) is 46.4 Å². The lowest BCUT2D eigenvalue weighted by Gasteiger charge is -2.14. The molecule has 0 bridgehead atoms. The van der Waals surface area contributed by atoms with Gasteiger partial charge in [-0.3, -0.25) is 4.79 Å². The molecule has 30 heavy (non-hydrogen) atoms. The summed E-state index contributed by atoms with van der Waals surface area (Å²) in [6, 6.07) is 22.0. The number of nitrogens with zero attached hydrogens (tertiary/aromatic N) is 2. The van der Waals surface area contributed by atoms with Gasteiger partial charge >= 0.3 is 0 Å². The van der Waals surface area contributed by atoms with Gasteiger partial charge in [0, 0.05) is 28.2 Å². The molecular formula is C26H25N3O. The van der Waals surface area contributed by atoms with Crippen molar-refractivity contribution in [2.24, 2.45) is 5.10 Å². The van der Waals surface area contributed by atoms with Gasteiger partial charge in [-0.1, -0.05) is 42.5 Å². The number of fused-ring (bicyclic) bond motifs is 1. The number of carbonyl (C=O) groups is 1. The van der Waals surface area contributed by atoms with Gasteiger partial charge in [-0.2, -0.15) is 5.10 Å². The molecule has 0 spiro atoms. The van der Waals surface area contributed by atoms with E-state index in [1.54, 1.807) is 6.21 Å². The van der Waals surface area contributed by atoms with Crippen LogP contribution in [0.25, 0.3) is 16.5 Å². The normalized spacial score (nSPS) is 11.3. The number of aromatic nitrogens is 1. The van der Waals surface area contributed by atoms with E-state index in [-0.39, 0.29) is 5.91 Å². The van der Waals surface area contributed by atoms with E-state index >= 15 is 0 Å². The summed E-state index contributed by atoms with van der Waals surface area (Å²) in [6.45, 7) is 8.42. The molecule has 0 aliphatic rings. The minimum absolute atomic E-state index is 0.222. The van der Waals surface area contributed by atoms with Crippen LogP contribution in [0.5, 0.6) is 0 Å². The number of carbonyl (C=O) groups excluding carboxylic acids is 1. The highest BCUT2D eigenvalue weighted by Gasteiger charge is 2.12. The summed E-state index contributed by atoms with van der Waals surface area (Å²) in [4.78, 5) is 12.5. The van der Waals surface area contributed by atoms with Gasteiger partial charge in [0.2, 0.25) is 0 Å². The van der Waals surface area contributed by atoms with E-state index in [1.807, 2.05) is 42.5 Å². The summed E-state index contributed by atoms with van der Waals surface area (Å²) in [6.07, 6.45) is 1.71. The molecule has 4 rings (SSSR count). The number of hydrogen-bond donors (Lipinski definition) is 1. The molecular weight excluding hydrogens is 370 g/mol. The maximum absolute atomic E-state index is 12.5. The number of nitrogens with one attached hydrogen (secondary N) is 1. The smallest absolute Gasteiger partial charge is 0.271 e. The molecule has 0 radical (unpaired) electrons. The predicted octanol–water partition coefficient (Wildman–Crippen LogP) is 5.63. The number of aryl methyl sites for hydroxylation is 2. The minimum Gasteiger partial charge on any atom is -0.318 e. The highest BCUT2D eigenvalue weighted by molar-refractivity contribution is 5.99. The molecule has 0 atom stereocenters. The summed E-state index contributed by atoms with van der Waals surface area (Å²) >= 11 is 0. The van der Waals surface area contributed by atoms with Crippen molar-refractivity contribution < 1.29 is 4.79 Å². The first-order valence-electron chi connectivity index (χ1n) is 10.0. The molecule has 150 valence electrons. The van der Waals surface area contributed by atoms with Gasteiger partial charge in [0.1, 0.15) is 0 Å². The van der Waals surface area contributed by atoms with Crippen LogP contribution in [0.1, 0.15) is 38.4 Å². The quantitative estimate of drug-likeness (QED) is 0.353. The minimum atomic E-state index is -0.222. The Morgan fingerprint density at radius 1 is 0.900 bits per heavy atom. The van der Waals surface area contributed by atoms with Gasteiger partial charge in [-0.15, -0.1) is 0 Å². The van der Waals surface area contributed by atoms with E-state index < -0.39 is 0 Å². The molecule has 4 nitrogen and oxygen atoms in total. The van der Waals surface area contributed by atoms with Crippen LogP contribution in [0, 0.1) is 27.7 Å². The average molecular weight is 396 g/mol.